The number of nitrogens with one attached hydrogen (secondary N) is 1. The van der Waals surface area contributed by atoms with Gasteiger partial charge in [0.2, 0.25) is 0 Å². The summed E-state index contributed by atoms with van der Waals surface area (Å²) in [6, 6.07) is 3.12. The topological polar surface area (TPSA) is 120 Å². The first-order valence-electron chi connectivity index (χ1n) is 5.90. The van der Waals surface area contributed by atoms with Gasteiger partial charge in [-0.05, 0) is 19.1 Å². The van der Waals surface area contributed by atoms with E-state index in [1.165, 1.54) is 17.5 Å². The monoisotopic (exact) mass is 308 g/mol. The molecule has 0 aliphatic carbocycles. The van der Waals surface area contributed by atoms with Crippen LogP contribution in [0.15, 0.2) is 23.6 Å². The van der Waals surface area contributed by atoms with Crippen LogP contribution in [0.3, 0.4) is 0 Å². The van der Waals surface area contributed by atoms with Crippen molar-refractivity contribution in [1.82, 2.24) is 10.3 Å². The number of thiazole rings is 1. The maximum atomic E-state index is 12.0. The quantitative estimate of drug-likeness (QED) is 0.683. The Morgan fingerprint density at radius 2 is 2.05 bits per heavy atom. The average molecular weight is 308 g/mol. The number of benzene rings is 1. The average Bonchev–Trinajstić information content (AvgIpc) is 2.88. The second kappa shape index (κ2) is 5.80. The lowest BCUT2D eigenvalue weighted by atomic mass is 10.1. The van der Waals surface area contributed by atoms with E-state index in [1.807, 2.05) is 0 Å². The molecule has 2 rings (SSSR count). The van der Waals surface area contributed by atoms with Gasteiger partial charge in [0.05, 0.1) is 11.6 Å². The van der Waals surface area contributed by atoms with Crippen LogP contribution in [0.5, 0.6) is 11.5 Å². The number of nitrogens with zero attached hydrogens (tertiary/aromatic N) is 1. The predicted octanol–water partition coefficient (Wildman–Crippen LogP) is 1.74. The number of hydrogen-bond acceptors (Lipinski definition) is 6. The maximum Gasteiger partial charge on any atom is 0.355 e. The molecule has 2 aromatic rings. The predicted molar refractivity (Wildman–Crippen MR) is 74.7 cm³/mol. The van der Waals surface area contributed by atoms with Crippen molar-refractivity contribution in [2.75, 3.05) is 0 Å². The van der Waals surface area contributed by atoms with Crippen molar-refractivity contribution in [3.8, 4) is 11.5 Å². The molecule has 0 fully saturated rings. The van der Waals surface area contributed by atoms with Gasteiger partial charge in [0.25, 0.3) is 5.91 Å². The van der Waals surface area contributed by atoms with Crippen LogP contribution < -0.4 is 5.32 Å². The molecule has 0 aliphatic heterocycles. The molecule has 1 aromatic carbocycles. The molecule has 21 heavy (non-hydrogen) atoms. The van der Waals surface area contributed by atoms with Gasteiger partial charge in [-0.1, -0.05) is 0 Å². The van der Waals surface area contributed by atoms with E-state index in [4.69, 9.17) is 5.11 Å². The number of aromatic carboxylic acids is 1. The first-order chi connectivity index (χ1) is 9.88. The van der Waals surface area contributed by atoms with E-state index in [9.17, 15) is 19.8 Å². The molecule has 0 saturated carbocycles. The molecular formula is C13H12N2O5S. The number of carboxylic acids is 1. The summed E-state index contributed by atoms with van der Waals surface area (Å²) < 4.78 is 0. The Bertz CT molecular complexity index is 698. The van der Waals surface area contributed by atoms with Crippen molar-refractivity contribution in [2.45, 2.75) is 13.0 Å². The van der Waals surface area contributed by atoms with Crippen molar-refractivity contribution < 1.29 is 24.9 Å². The number of hydrogen-bond donors (Lipinski definition) is 4. The molecule has 1 heterocycles. The minimum Gasteiger partial charge on any atom is -0.508 e. The summed E-state index contributed by atoms with van der Waals surface area (Å²) in [5.41, 5.74) is -0.0711. The summed E-state index contributed by atoms with van der Waals surface area (Å²) in [6.07, 6.45) is 0. The number of amides is 1. The minimum atomic E-state index is -1.13. The van der Waals surface area contributed by atoms with Gasteiger partial charge in [0.15, 0.2) is 5.69 Å². The summed E-state index contributed by atoms with van der Waals surface area (Å²) in [7, 11) is 0. The van der Waals surface area contributed by atoms with Crippen LogP contribution in [0, 0.1) is 0 Å². The van der Waals surface area contributed by atoms with E-state index in [0.29, 0.717) is 5.01 Å². The highest BCUT2D eigenvalue weighted by atomic mass is 32.1. The van der Waals surface area contributed by atoms with Gasteiger partial charge in [-0.15, -0.1) is 11.3 Å². The molecule has 0 saturated heterocycles. The molecule has 1 amide bonds. The number of phenols is 2. The number of phenolic OH excluding ortho intramolecular Hbond substituents is 2. The largest absolute Gasteiger partial charge is 0.508 e. The van der Waals surface area contributed by atoms with Gasteiger partial charge >= 0.3 is 5.97 Å². The lowest BCUT2D eigenvalue weighted by Crippen LogP contribution is -2.26. The van der Waals surface area contributed by atoms with Crippen LogP contribution in [-0.2, 0) is 0 Å². The fourth-order valence-corrected chi connectivity index (χ4v) is 2.43. The van der Waals surface area contributed by atoms with Crippen LogP contribution in [0.2, 0.25) is 0 Å². The number of carbonyl (C=O) groups excluding carboxylic acids is 1. The summed E-state index contributed by atoms with van der Waals surface area (Å²) >= 11 is 1.12. The zero-order chi connectivity index (χ0) is 15.6. The van der Waals surface area contributed by atoms with Gasteiger partial charge in [-0.2, -0.15) is 0 Å². The normalized spacial score (nSPS) is 11.9. The van der Waals surface area contributed by atoms with E-state index in [1.54, 1.807) is 6.92 Å². The fraction of sp³-hybridized carbons (Fsp3) is 0.154. The third-order valence-corrected chi connectivity index (χ3v) is 3.71. The van der Waals surface area contributed by atoms with E-state index >= 15 is 0 Å². The Hall–Kier alpha value is -2.61. The summed E-state index contributed by atoms with van der Waals surface area (Å²) in [5.74, 6) is -2.17. The second-order valence-corrected chi connectivity index (χ2v) is 5.16. The molecule has 0 radical (unpaired) electrons. The van der Waals surface area contributed by atoms with Crippen LogP contribution in [0.4, 0.5) is 0 Å². The van der Waals surface area contributed by atoms with Crippen LogP contribution in [0.1, 0.15) is 38.8 Å². The van der Waals surface area contributed by atoms with Crippen molar-refractivity contribution >= 4 is 23.2 Å². The molecule has 7 nitrogen and oxygen atoms in total. The van der Waals surface area contributed by atoms with Crippen LogP contribution >= 0.6 is 11.3 Å². The summed E-state index contributed by atoms with van der Waals surface area (Å²) in [6.45, 7) is 1.65. The van der Waals surface area contributed by atoms with E-state index in [0.717, 1.165) is 17.4 Å². The zero-order valence-electron chi connectivity index (χ0n) is 10.9. The van der Waals surface area contributed by atoms with Crippen LogP contribution in [-0.4, -0.2) is 32.2 Å². The molecule has 110 valence electrons. The molecule has 1 atom stereocenters. The fourth-order valence-electron chi connectivity index (χ4n) is 1.63. The number of carbonyl (C=O) groups is 2. The molecule has 0 bridgehead atoms. The van der Waals surface area contributed by atoms with E-state index in [2.05, 4.69) is 10.3 Å². The van der Waals surface area contributed by atoms with Gasteiger partial charge < -0.3 is 20.6 Å². The number of carboxylic acid groups (broad SMARTS) is 1. The van der Waals surface area contributed by atoms with Crippen LogP contribution in [0.25, 0.3) is 0 Å². The molecule has 0 aliphatic rings. The Morgan fingerprint density at radius 1 is 1.33 bits per heavy atom. The third-order valence-electron chi connectivity index (χ3n) is 2.69. The highest BCUT2D eigenvalue weighted by molar-refractivity contribution is 7.09. The molecule has 4 N–H and O–H groups in total. The van der Waals surface area contributed by atoms with Crippen molar-refractivity contribution in [3.05, 3.63) is 39.8 Å². The zero-order valence-corrected chi connectivity index (χ0v) is 11.7. The van der Waals surface area contributed by atoms with E-state index < -0.39 is 17.9 Å². The Labute approximate surface area is 123 Å². The second-order valence-electron chi connectivity index (χ2n) is 4.27. The molecule has 1 aromatic heterocycles. The highest BCUT2D eigenvalue weighted by Gasteiger charge is 2.18. The number of aromatic nitrogens is 1. The van der Waals surface area contributed by atoms with E-state index in [-0.39, 0.29) is 22.8 Å². The maximum absolute atomic E-state index is 12.0. The van der Waals surface area contributed by atoms with Gasteiger partial charge in [-0.25, -0.2) is 9.78 Å². The minimum absolute atomic E-state index is 0.00895. The summed E-state index contributed by atoms with van der Waals surface area (Å²) in [4.78, 5) is 26.7. The Kier molecular flexibility index (Phi) is 4.08. The van der Waals surface area contributed by atoms with Crippen molar-refractivity contribution in [1.29, 1.82) is 0 Å². The smallest absolute Gasteiger partial charge is 0.355 e. The van der Waals surface area contributed by atoms with Crippen molar-refractivity contribution in [3.63, 3.8) is 0 Å². The third kappa shape index (κ3) is 3.29. The SMILES string of the molecule is CC(NC(=O)c1ccc(O)cc1O)c1nc(C(=O)O)cs1. The van der Waals surface area contributed by atoms with Gasteiger partial charge in [-0.3, -0.25) is 4.79 Å². The van der Waals surface area contributed by atoms with Gasteiger partial charge in [0.1, 0.15) is 16.5 Å². The molecule has 1 unspecified atom stereocenters. The molecule has 0 spiro atoms. The molecule has 8 heteroatoms. The number of rotatable bonds is 4. The van der Waals surface area contributed by atoms with Gasteiger partial charge in [0, 0.05) is 11.4 Å². The molecular weight excluding hydrogens is 296 g/mol. The summed E-state index contributed by atoms with van der Waals surface area (Å²) in [5, 5.41) is 32.0. The number of aromatic hydroxyl groups is 2. The van der Waals surface area contributed by atoms with Crippen molar-refractivity contribution in [2.24, 2.45) is 0 Å². The Morgan fingerprint density at radius 3 is 2.62 bits per heavy atom. The lowest BCUT2D eigenvalue weighted by molar-refractivity contribution is 0.0691. The highest BCUT2D eigenvalue weighted by Crippen LogP contribution is 2.24. The first-order valence-corrected chi connectivity index (χ1v) is 6.78. The lowest BCUT2D eigenvalue weighted by Gasteiger charge is -2.12. The first kappa shape index (κ1) is 14.8. The Balaban J connectivity index is 2.12. The standard InChI is InChI=1S/C13H12N2O5S/c1-6(12-15-9(5-21-12)13(19)20)14-11(18)8-3-2-7(16)4-10(8)17/h2-6,16-17H,1H3,(H,14,18)(H,19,20).